The van der Waals surface area contributed by atoms with Crippen molar-refractivity contribution in [3.05, 3.63) is 230 Å². The number of halogens is 5. The third-order valence-corrected chi connectivity index (χ3v) is 12.7. The van der Waals surface area contributed by atoms with Gasteiger partial charge in [0.2, 0.25) is 0 Å². The van der Waals surface area contributed by atoms with Crippen LogP contribution in [-0.4, -0.2) is 19.1 Å². The van der Waals surface area contributed by atoms with Gasteiger partial charge in [-0.3, -0.25) is 0 Å². The third kappa shape index (κ3) is 6.98. The maximum atomic E-state index is 15.8. The van der Waals surface area contributed by atoms with E-state index in [1.54, 1.807) is 0 Å². The van der Waals surface area contributed by atoms with Crippen molar-refractivity contribution in [1.82, 2.24) is 19.1 Å². The molecule has 4 nitrogen and oxygen atoms in total. The van der Waals surface area contributed by atoms with E-state index in [0.29, 0.717) is 45.2 Å². The molecule has 326 valence electrons. The molecule has 0 aliphatic carbocycles. The monoisotopic (exact) mass is 894 g/mol. The van der Waals surface area contributed by atoms with E-state index in [-0.39, 0.29) is 16.8 Å². The van der Waals surface area contributed by atoms with Crippen molar-refractivity contribution in [1.29, 1.82) is 0 Å². The van der Waals surface area contributed by atoms with Crippen molar-refractivity contribution in [2.24, 2.45) is 0 Å². The highest BCUT2D eigenvalue weighted by molar-refractivity contribution is 6.12. The van der Waals surface area contributed by atoms with Crippen LogP contribution in [0.2, 0.25) is 0 Å². The second-order valence-corrected chi connectivity index (χ2v) is 16.8. The first kappa shape index (κ1) is 40.8. The fourth-order valence-corrected chi connectivity index (χ4v) is 9.63. The number of fused-ring (bicyclic) bond motifs is 6. The van der Waals surface area contributed by atoms with Crippen LogP contribution in [0.5, 0.6) is 0 Å². The largest absolute Gasteiger partial charge is 0.417 e. The number of hydrogen-bond donors (Lipinski definition) is 0. The highest BCUT2D eigenvalue weighted by atomic mass is 19.4. The summed E-state index contributed by atoms with van der Waals surface area (Å²) in [5.41, 5.74) is 7.96. The molecule has 4 aromatic heterocycles. The van der Waals surface area contributed by atoms with Gasteiger partial charge in [-0.15, -0.1) is 0 Å². The second-order valence-electron chi connectivity index (χ2n) is 16.8. The Hall–Kier alpha value is -8.69. The summed E-state index contributed by atoms with van der Waals surface area (Å²) < 4.78 is 81.4. The summed E-state index contributed by atoms with van der Waals surface area (Å²) in [6.45, 7) is 0. The van der Waals surface area contributed by atoms with Crippen molar-refractivity contribution in [2.45, 2.75) is 6.18 Å². The molecule has 12 aromatic rings. The number of hydrogen-bond acceptors (Lipinski definition) is 2. The first-order valence-electron chi connectivity index (χ1n) is 22.0. The summed E-state index contributed by atoms with van der Waals surface area (Å²) in [6, 6.07) is 63.7. The SMILES string of the molecule is Fc1cc(F)cc(-c2cc(-n3c4ccccc4c4ccc(-c5cccc(-c6ccccc6)n5)cc43)c(-n3c4ccccc4c4ccc(-c5cccc(-c6ccccc6)n5)cc43)cc2C(F)(F)F)c1. The Kier molecular flexibility index (Phi) is 9.62. The summed E-state index contributed by atoms with van der Waals surface area (Å²) in [6.07, 6.45) is -4.94. The number of aromatic nitrogens is 4. The number of alkyl halides is 3. The molecule has 0 fully saturated rings. The summed E-state index contributed by atoms with van der Waals surface area (Å²) in [4.78, 5) is 10.1. The Morgan fingerprint density at radius 2 is 0.735 bits per heavy atom. The van der Waals surface area contributed by atoms with Crippen molar-refractivity contribution in [2.75, 3.05) is 0 Å². The van der Waals surface area contributed by atoms with Gasteiger partial charge in [0, 0.05) is 49.9 Å². The summed E-state index contributed by atoms with van der Waals surface area (Å²) in [5.74, 6) is -1.99. The summed E-state index contributed by atoms with van der Waals surface area (Å²) >= 11 is 0. The quantitative estimate of drug-likeness (QED) is 0.149. The Balaban J connectivity index is 1.18. The molecule has 0 radical (unpaired) electrons. The van der Waals surface area contributed by atoms with E-state index >= 15 is 22.0 Å². The molecule has 0 saturated heterocycles. The van der Waals surface area contributed by atoms with Crippen LogP contribution in [0.4, 0.5) is 22.0 Å². The van der Waals surface area contributed by atoms with Gasteiger partial charge in [-0.2, -0.15) is 13.2 Å². The van der Waals surface area contributed by atoms with Gasteiger partial charge < -0.3 is 9.13 Å². The topological polar surface area (TPSA) is 35.6 Å². The number of para-hydroxylation sites is 2. The molecule has 0 spiro atoms. The Bertz CT molecular complexity index is 3910. The number of nitrogens with zero attached hydrogens (tertiary/aromatic N) is 4. The molecule has 4 heterocycles. The summed E-state index contributed by atoms with van der Waals surface area (Å²) in [5, 5.41) is 3.35. The maximum Gasteiger partial charge on any atom is 0.417 e. The molecule has 8 aromatic carbocycles. The molecule has 0 N–H and O–H groups in total. The average molecular weight is 895 g/mol. The predicted octanol–water partition coefficient (Wildman–Crippen LogP) is 16.3. The first-order valence-corrected chi connectivity index (χ1v) is 22.0. The lowest BCUT2D eigenvalue weighted by Gasteiger charge is -2.22. The van der Waals surface area contributed by atoms with Crippen LogP contribution in [0, 0.1) is 11.6 Å². The molecule has 9 heteroatoms. The molecule has 0 aliphatic heterocycles. The Labute approximate surface area is 386 Å². The third-order valence-electron chi connectivity index (χ3n) is 12.7. The molecule has 0 bridgehead atoms. The van der Waals surface area contributed by atoms with Gasteiger partial charge in [-0.25, -0.2) is 18.7 Å². The standard InChI is InChI=1S/C59H35F5N4/c60-41-29-40(30-42(61)33-41)47-34-57(67-53-23-9-7-17-43(53)45-27-25-38(31-55(45)67)51-21-11-19-49(65-51)36-13-3-1-4-14-36)58(35-48(47)59(62,63)64)68-54-24-10-8-18-44(54)46-28-26-39(32-56(46)68)52-22-12-20-50(66-52)37-15-5-2-6-16-37/h1-35H. The minimum absolute atomic E-state index is 0.199. The molecule has 0 amide bonds. The Morgan fingerprint density at radius 1 is 0.324 bits per heavy atom. The molecule has 0 atom stereocenters. The molecule has 0 saturated carbocycles. The maximum absolute atomic E-state index is 15.8. The van der Waals surface area contributed by atoms with Crippen LogP contribution >= 0.6 is 0 Å². The second kappa shape index (κ2) is 16.0. The van der Waals surface area contributed by atoms with Gasteiger partial charge in [-0.05, 0) is 83.9 Å². The molecule has 12 rings (SSSR count). The highest BCUT2D eigenvalue weighted by Crippen LogP contribution is 2.46. The smallest absolute Gasteiger partial charge is 0.307 e. The van der Waals surface area contributed by atoms with Gasteiger partial charge in [0.05, 0.1) is 61.8 Å². The fourth-order valence-electron chi connectivity index (χ4n) is 9.63. The number of benzene rings is 8. The van der Waals surface area contributed by atoms with E-state index in [1.165, 1.54) is 6.07 Å². The average Bonchev–Trinajstić information content (AvgIpc) is 3.88. The van der Waals surface area contributed by atoms with Crippen LogP contribution in [0.1, 0.15) is 5.56 Å². The van der Waals surface area contributed by atoms with E-state index in [0.717, 1.165) is 73.4 Å². The fraction of sp³-hybridized carbons (Fsp3) is 0.0169. The van der Waals surface area contributed by atoms with Crippen molar-refractivity contribution < 1.29 is 22.0 Å². The van der Waals surface area contributed by atoms with Crippen molar-refractivity contribution in [3.8, 4) is 67.5 Å². The van der Waals surface area contributed by atoms with Gasteiger partial charge in [0.15, 0.2) is 0 Å². The van der Waals surface area contributed by atoms with Gasteiger partial charge >= 0.3 is 6.18 Å². The van der Waals surface area contributed by atoms with E-state index in [1.807, 2.05) is 191 Å². The van der Waals surface area contributed by atoms with E-state index in [2.05, 4.69) is 0 Å². The van der Waals surface area contributed by atoms with Gasteiger partial charge in [0.25, 0.3) is 0 Å². The van der Waals surface area contributed by atoms with Gasteiger partial charge in [-0.1, -0.05) is 133 Å². The van der Waals surface area contributed by atoms with E-state index in [9.17, 15) is 0 Å². The molecule has 0 unspecified atom stereocenters. The lowest BCUT2D eigenvalue weighted by atomic mass is 9.96. The minimum Gasteiger partial charge on any atom is -0.307 e. The van der Waals surface area contributed by atoms with Gasteiger partial charge in [0.1, 0.15) is 11.6 Å². The summed E-state index contributed by atoms with van der Waals surface area (Å²) in [7, 11) is 0. The Morgan fingerprint density at radius 3 is 1.21 bits per heavy atom. The van der Waals surface area contributed by atoms with Crippen LogP contribution in [0.15, 0.2) is 212 Å². The number of rotatable bonds is 7. The lowest BCUT2D eigenvalue weighted by Crippen LogP contribution is -2.12. The molecule has 0 aliphatic rings. The lowest BCUT2D eigenvalue weighted by molar-refractivity contribution is -0.137. The zero-order valence-electron chi connectivity index (χ0n) is 35.9. The number of pyridine rings is 2. The minimum atomic E-state index is -4.94. The molecular formula is C59H35F5N4. The predicted molar refractivity (Wildman–Crippen MR) is 263 cm³/mol. The van der Waals surface area contributed by atoms with Crippen LogP contribution in [0.25, 0.3) is 111 Å². The van der Waals surface area contributed by atoms with Crippen molar-refractivity contribution >= 4 is 43.6 Å². The zero-order valence-corrected chi connectivity index (χ0v) is 35.9. The van der Waals surface area contributed by atoms with Crippen LogP contribution < -0.4 is 0 Å². The zero-order chi connectivity index (χ0) is 46.1. The van der Waals surface area contributed by atoms with Crippen LogP contribution in [0.3, 0.4) is 0 Å². The molecular weight excluding hydrogens is 860 g/mol. The van der Waals surface area contributed by atoms with E-state index < -0.39 is 23.4 Å². The highest BCUT2D eigenvalue weighted by Gasteiger charge is 2.36. The normalized spacial score (nSPS) is 11.9. The molecule has 68 heavy (non-hydrogen) atoms. The van der Waals surface area contributed by atoms with Crippen LogP contribution in [-0.2, 0) is 6.18 Å². The van der Waals surface area contributed by atoms with Crippen molar-refractivity contribution in [3.63, 3.8) is 0 Å². The van der Waals surface area contributed by atoms with E-state index in [4.69, 9.17) is 9.97 Å². The first-order chi connectivity index (χ1) is 33.2.